The van der Waals surface area contributed by atoms with Gasteiger partial charge in [0.15, 0.2) is 0 Å². The van der Waals surface area contributed by atoms with Crippen LogP contribution in [0.4, 0.5) is 0 Å². The van der Waals surface area contributed by atoms with Gasteiger partial charge < -0.3 is 20.4 Å². The molecule has 0 aliphatic carbocycles. The Kier molecular flexibility index (Phi) is 4.48. The lowest BCUT2D eigenvalue weighted by molar-refractivity contribution is -0.133. The molecule has 0 unspecified atom stereocenters. The summed E-state index contributed by atoms with van der Waals surface area (Å²) in [4.78, 5) is 28.9. The lowest BCUT2D eigenvalue weighted by Gasteiger charge is -2.33. The van der Waals surface area contributed by atoms with Gasteiger partial charge in [-0.05, 0) is 23.8 Å². The average molecular weight is 379 g/mol. The highest BCUT2D eigenvalue weighted by Crippen LogP contribution is 2.34. The van der Waals surface area contributed by atoms with Gasteiger partial charge >= 0.3 is 0 Å². The predicted molar refractivity (Wildman–Crippen MR) is 104 cm³/mol. The van der Waals surface area contributed by atoms with Gasteiger partial charge in [-0.2, -0.15) is 5.10 Å². The third-order valence-corrected chi connectivity index (χ3v) is 5.01. The first kappa shape index (κ1) is 18.0. The molecule has 8 heteroatoms. The van der Waals surface area contributed by atoms with Crippen molar-refractivity contribution in [2.45, 2.75) is 6.10 Å². The Morgan fingerprint density at radius 2 is 2.25 bits per heavy atom. The Bertz CT molecular complexity index is 1080. The summed E-state index contributed by atoms with van der Waals surface area (Å²) in [6.45, 7) is 4.94. The van der Waals surface area contributed by atoms with Gasteiger partial charge in [0.1, 0.15) is 6.10 Å². The molecular formula is C20H21N5O3. The van der Waals surface area contributed by atoms with Gasteiger partial charge in [0.05, 0.1) is 30.4 Å². The van der Waals surface area contributed by atoms with Gasteiger partial charge in [-0.3, -0.25) is 14.3 Å². The number of primary amides is 1. The van der Waals surface area contributed by atoms with Gasteiger partial charge in [0, 0.05) is 36.4 Å². The highest BCUT2D eigenvalue weighted by molar-refractivity contribution is 6.07. The Labute approximate surface area is 161 Å². The molecule has 4 rings (SSSR count). The molecule has 1 aliphatic heterocycles. The number of amides is 2. The topological polar surface area (TPSA) is 106 Å². The summed E-state index contributed by atoms with van der Waals surface area (Å²) in [5.41, 5.74) is 9.25. The van der Waals surface area contributed by atoms with Crippen LogP contribution in [0.1, 0.15) is 22.0 Å². The van der Waals surface area contributed by atoms with E-state index in [4.69, 9.17) is 10.5 Å². The smallest absolute Gasteiger partial charge is 0.250 e. The molecule has 1 aromatic carbocycles. The van der Waals surface area contributed by atoms with Crippen molar-refractivity contribution in [2.75, 3.05) is 19.7 Å². The molecule has 0 spiro atoms. The fourth-order valence-corrected chi connectivity index (χ4v) is 3.61. The van der Waals surface area contributed by atoms with Crippen LogP contribution in [0.3, 0.4) is 0 Å². The molecule has 1 fully saturated rings. The van der Waals surface area contributed by atoms with E-state index in [-0.39, 0.29) is 12.0 Å². The molecule has 8 nitrogen and oxygen atoms in total. The van der Waals surface area contributed by atoms with Gasteiger partial charge in [-0.1, -0.05) is 12.6 Å². The molecular weight excluding hydrogens is 358 g/mol. The number of carbonyl (C=O) groups excluding carboxylic acids is 2. The van der Waals surface area contributed by atoms with Gasteiger partial charge in [0.25, 0.3) is 5.91 Å². The van der Waals surface area contributed by atoms with Crippen LogP contribution in [-0.4, -0.2) is 51.2 Å². The fourth-order valence-electron chi connectivity index (χ4n) is 3.61. The summed E-state index contributed by atoms with van der Waals surface area (Å²) in [6.07, 6.45) is 4.64. The third-order valence-electron chi connectivity index (χ3n) is 5.01. The summed E-state index contributed by atoms with van der Waals surface area (Å²) >= 11 is 0. The van der Waals surface area contributed by atoms with Crippen LogP contribution in [-0.2, 0) is 16.6 Å². The quantitative estimate of drug-likeness (QED) is 0.674. The summed E-state index contributed by atoms with van der Waals surface area (Å²) in [7, 11) is 1.84. The molecule has 3 heterocycles. The van der Waals surface area contributed by atoms with Crippen LogP contribution in [0, 0.1) is 0 Å². The number of nitrogens with zero attached hydrogens (tertiary/aromatic N) is 3. The average Bonchev–Trinajstić information content (AvgIpc) is 3.32. The zero-order valence-corrected chi connectivity index (χ0v) is 15.5. The Morgan fingerprint density at radius 3 is 2.93 bits per heavy atom. The first-order chi connectivity index (χ1) is 13.5. The van der Waals surface area contributed by atoms with Crippen LogP contribution in [0.2, 0.25) is 0 Å². The molecule has 0 bridgehead atoms. The van der Waals surface area contributed by atoms with Crippen LogP contribution < -0.4 is 5.73 Å². The Morgan fingerprint density at radius 1 is 1.43 bits per heavy atom. The van der Waals surface area contributed by atoms with Crippen LogP contribution >= 0.6 is 0 Å². The standard InChI is InChI=1S/C20H21N5O3/c1-3-18(26)25-6-7-28-17(11-25)13-4-5-14(20(21)27)19-15(13)8-16(23-19)12-9-22-24(2)10-12/h3-5,8-10,17,23H,1,6-7,11H2,2H3,(H2,21,27)/t17-/m1/s1. The highest BCUT2D eigenvalue weighted by atomic mass is 16.5. The molecule has 2 amide bonds. The number of nitrogens with two attached hydrogens (primary N) is 1. The lowest BCUT2D eigenvalue weighted by atomic mass is 9.99. The molecule has 2 aromatic heterocycles. The van der Waals surface area contributed by atoms with Crippen molar-refractivity contribution in [1.29, 1.82) is 0 Å². The van der Waals surface area contributed by atoms with Crippen LogP contribution in [0.5, 0.6) is 0 Å². The second-order valence-corrected chi connectivity index (χ2v) is 6.79. The maximum Gasteiger partial charge on any atom is 0.250 e. The SMILES string of the molecule is C=CC(=O)N1CCO[C@@H](c2ccc(C(N)=O)c3[nH]c(-c4cnn(C)c4)cc23)C1. The van der Waals surface area contributed by atoms with E-state index in [0.717, 1.165) is 22.2 Å². The van der Waals surface area contributed by atoms with E-state index < -0.39 is 5.91 Å². The van der Waals surface area contributed by atoms with Crippen LogP contribution in [0.25, 0.3) is 22.2 Å². The number of H-pyrrole nitrogens is 1. The van der Waals surface area contributed by atoms with Crippen molar-refractivity contribution < 1.29 is 14.3 Å². The van der Waals surface area contributed by atoms with Crippen LogP contribution in [0.15, 0.2) is 43.2 Å². The number of fused-ring (bicyclic) bond motifs is 1. The van der Waals surface area contributed by atoms with E-state index in [1.807, 2.05) is 25.4 Å². The Balaban J connectivity index is 1.81. The molecule has 3 N–H and O–H groups in total. The molecule has 0 saturated carbocycles. The van der Waals surface area contributed by atoms with E-state index in [1.165, 1.54) is 6.08 Å². The molecule has 1 atom stereocenters. The molecule has 3 aromatic rings. The monoisotopic (exact) mass is 379 g/mol. The number of rotatable bonds is 4. The zero-order valence-electron chi connectivity index (χ0n) is 15.5. The van der Waals surface area contributed by atoms with E-state index in [2.05, 4.69) is 16.7 Å². The minimum Gasteiger partial charge on any atom is -0.370 e. The minimum absolute atomic E-state index is 0.122. The van der Waals surface area contributed by atoms with Crippen molar-refractivity contribution in [2.24, 2.45) is 12.8 Å². The second-order valence-electron chi connectivity index (χ2n) is 6.79. The minimum atomic E-state index is -0.510. The Hall–Kier alpha value is -3.39. The molecule has 1 saturated heterocycles. The molecule has 144 valence electrons. The third kappa shape index (κ3) is 3.07. The summed E-state index contributed by atoms with van der Waals surface area (Å²) in [5, 5.41) is 5.04. The van der Waals surface area contributed by atoms with Crippen molar-refractivity contribution in [3.05, 3.63) is 54.4 Å². The number of ether oxygens (including phenoxy) is 1. The van der Waals surface area contributed by atoms with E-state index >= 15 is 0 Å². The maximum absolute atomic E-state index is 12.0. The summed E-state index contributed by atoms with van der Waals surface area (Å²) < 4.78 is 7.65. The number of hydrogen-bond donors (Lipinski definition) is 2. The lowest BCUT2D eigenvalue weighted by Crippen LogP contribution is -2.41. The zero-order chi connectivity index (χ0) is 19.8. The summed E-state index contributed by atoms with van der Waals surface area (Å²) in [6, 6.07) is 5.50. The fraction of sp³-hybridized carbons (Fsp3) is 0.250. The molecule has 28 heavy (non-hydrogen) atoms. The first-order valence-corrected chi connectivity index (χ1v) is 8.95. The molecule has 1 aliphatic rings. The van der Waals surface area contributed by atoms with Gasteiger partial charge in [-0.15, -0.1) is 0 Å². The van der Waals surface area contributed by atoms with Crippen molar-refractivity contribution in [3.63, 3.8) is 0 Å². The van der Waals surface area contributed by atoms with E-state index in [0.29, 0.717) is 30.8 Å². The summed E-state index contributed by atoms with van der Waals surface area (Å²) in [5.74, 6) is -0.632. The number of benzene rings is 1. The number of nitrogens with one attached hydrogen (secondary N) is 1. The molecule has 0 radical (unpaired) electrons. The number of hydrogen-bond acceptors (Lipinski definition) is 4. The van der Waals surface area contributed by atoms with Crippen molar-refractivity contribution in [3.8, 4) is 11.3 Å². The number of carbonyl (C=O) groups is 2. The first-order valence-electron chi connectivity index (χ1n) is 8.95. The van der Waals surface area contributed by atoms with Gasteiger partial charge in [-0.25, -0.2) is 0 Å². The number of aromatic nitrogens is 3. The largest absolute Gasteiger partial charge is 0.370 e. The maximum atomic E-state index is 12.0. The number of morpholine rings is 1. The normalized spacial score (nSPS) is 17.0. The van der Waals surface area contributed by atoms with E-state index in [1.54, 1.807) is 21.8 Å². The van der Waals surface area contributed by atoms with Crippen molar-refractivity contribution >= 4 is 22.7 Å². The predicted octanol–water partition coefficient (Wildman–Crippen LogP) is 1.75. The van der Waals surface area contributed by atoms with E-state index in [9.17, 15) is 9.59 Å². The van der Waals surface area contributed by atoms with Crippen molar-refractivity contribution in [1.82, 2.24) is 19.7 Å². The number of aromatic amines is 1. The van der Waals surface area contributed by atoms with Gasteiger partial charge in [0.2, 0.25) is 5.91 Å². The number of aryl methyl sites for hydroxylation is 1. The highest BCUT2D eigenvalue weighted by Gasteiger charge is 2.27. The second kappa shape index (κ2) is 6.97.